The van der Waals surface area contributed by atoms with E-state index in [4.69, 9.17) is 11.6 Å². The lowest BCUT2D eigenvalue weighted by molar-refractivity contribution is 0.537. The van der Waals surface area contributed by atoms with Crippen LogP contribution in [0.3, 0.4) is 0 Å². The maximum Gasteiger partial charge on any atom is 0.0656 e. The van der Waals surface area contributed by atoms with Gasteiger partial charge in [0, 0.05) is 10.4 Å². The smallest absolute Gasteiger partial charge is 0.0656 e. The molecular formula is C19H20BrCl. The molecular weight excluding hydrogens is 344 g/mol. The van der Waals surface area contributed by atoms with E-state index in [9.17, 15) is 0 Å². The highest BCUT2D eigenvalue weighted by molar-refractivity contribution is 9.10. The zero-order valence-corrected chi connectivity index (χ0v) is 14.8. The van der Waals surface area contributed by atoms with E-state index in [0.29, 0.717) is 5.92 Å². The summed E-state index contributed by atoms with van der Waals surface area (Å²) in [5.74, 6) is 0.427. The van der Waals surface area contributed by atoms with Gasteiger partial charge in [-0.2, -0.15) is 0 Å². The Labute approximate surface area is 140 Å². The van der Waals surface area contributed by atoms with Crippen LogP contribution in [0.25, 0.3) is 0 Å². The SMILES string of the molecule is Cc1cc(C(Cl)C2CCCc3ccccc32)c(C)cc1Br. The van der Waals surface area contributed by atoms with Gasteiger partial charge < -0.3 is 0 Å². The normalized spacial score (nSPS) is 19.1. The molecule has 2 unspecified atom stereocenters. The summed E-state index contributed by atoms with van der Waals surface area (Å²) in [6.07, 6.45) is 3.60. The molecule has 0 radical (unpaired) electrons. The third kappa shape index (κ3) is 2.91. The van der Waals surface area contributed by atoms with E-state index < -0.39 is 0 Å². The van der Waals surface area contributed by atoms with Crippen LogP contribution in [0.5, 0.6) is 0 Å². The lowest BCUT2D eigenvalue weighted by atomic mass is 9.78. The van der Waals surface area contributed by atoms with Crippen molar-refractivity contribution in [2.75, 3.05) is 0 Å². The molecule has 0 aliphatic heterocycles. The first-order valence-electron chi connectivity index (χ1n) is 7.56. The molecule has 0 spiro atoms. The molecule has 0 saturated heterocycles. The molecule has 2 heteroatoms. The molecule has 0 bridgehead atoms. The Hall–Kier alpha value is -0.790. The van der Waals surface area contributed by atoms with Crippen molar-refractivity contribution in [1.82, 2.24) is 0 Å². The van der Waals surface area contributed by atoms with Crippen molar-refractivity contribution in [3.63, 3.8) is 0 Å². The van der Waals surface area contributed by atoms with Gasteiger partial charge in [-0.1, -0.05) is 46.3 Å². The van der Waals surface area contributed by atoms with Gasteiger partial charge in [0.1, 0.15) is 0 Å². The minimum atomic E-state index is 0.0539. The summed E-state index contributed by atoms with van der Waals surface area (Å²) in [7, 11) is 0. The molecule has 0 amide bonds. The van der Waals surface area contributed by atoms with E-state index in [2.05, 4.69) is 66.2 Å². The van der Waals surface area contributed by atoms with E-state index in [1.165, 1.54) is 47.1 Å². The van der Waals surface area contributed by atoms with Crippen molar-refractivity contribution in [1.29, 1.82) is 0 Å². The largest absolute Gasteiger partial charge is 0.117 e. The fraction of sp³-hybridized carbons (Fsp3) is 0.368. The molecule has 2 aromatic carbocycles. The van der Waals surface area contributed by atoms with Crippen LogP contribution in [0.15, 0.2) is 40.9 Å². The molecule has 21 heavy (non-hydrogen) atoms. The minimum absolute atomic E-state index is 0.0539. The highest BCUT2D eigenvalue weighted by Gasteiger charge is 2.28. The van der Waals surface area contributed by atoms with Gasteiger partial charge in [-0.05, 0) is 67.0 Å². The molecule has 0 aromatic heterocycles. The van der Waals surface area contributed by atoms with Gasteiger partial charge in [0.05, 0.1) is 5.38 Å². The maximum absolute atomic E-state index is 6.93. The highest BCUT2D eigenvalue weighted by Crippen LogP contribution is 2.45. The van der Waals surface area contributed by atoms with Crippen LogP contribution < -0.4 is 0 Å². The number of fused-ring (bicyclic) bond motifs is 1. The number of hydrogen-bond acceptors (Lipinski definition) is 0. The zero-order chi connectivity index (χ0) is 15.0. The van der Waals surface area contributed by atoms with E-state index in [1.807, 2.05) is 0 Å². The van der Waals surface area contributed by atoms with Crippen LogP contribution in [-0.2, 0) is 6.42 Å². The predicted molar refractivity (Wildman–Crippen MR) is 94.3 cm³/mol. The van der Waals surface area contributed by atoms with Gasteiger partial charge in [0.2, 0.25) is 0 Å². The molecule has 0 saturated carbocycles. The van der Waals surface area contributed by atoms with Crippen LogP contribution in [-0.4, -0.2) is 0 Å². The fourth-order valence-electron chi connectivity index (χ4n) is 3.41. The quantitative estimate of drug-likeness (QED) is 0.537. The number of halogens is 2. The van der Waals surface area contributed by atoms with Crippen molar-refractivity contribution in [2.45, 2.75) is 44.4 Å². The number of hydrogen-bond donors (Lipinski definition) is 0. The molecule has 1 aliphatic carbocycles. The first-order chi connectivity index (χ1) is 10.1. The summed E-state index contributed by atoms with van der Waals surface area (Å²) < 4.78 is 1.16. The zero-order valence-electron chi connectivity index (χ0n) is 12.5. The minimum Gasteiger partial charge on any atom is -0.117 e. The van der Waals surface area contributed by atoms with Crippen molar-refractivity contribution in [3.05, 3.63) is 68.7 Å². The monoisotopic (exact) mass is 362 g/mol. The third-order valence-corrected chi connectivity index (χ3v) is 6.01. The Morgan fingerprint density at radius 2 is 1.90 bits per heavy atom. The first-order valence-corrected chi connectivity index (χ1v) is 8.79. The molecule has 2 atom stereocenters. The molecule has 2 aromatic rings. The maximum atomic E-state index is 6.93. The summed E-state index contributed by atoms with van der Waals surface area (Å²) in [6, 6.07) is 13.2. The average Bonchev–Trinajstić information content (AvgIpc) is 2.49. The van der Waals surface area contributed by atoms with Gasteiger partial charge in [-0.15, -0.1) is 11.6 Å². The molecule has 1 aliphatic rings. The van der Waals surface area contributed by atoms with Crippen LogP contribution >= 0.6 is 27.5 Å². The molecule has 3 rings (SSSR count). The number of benzene rings is 2. The third-order valence-electron chi connectivity index (χ3n) is 4.61. The second-order valence-corrected chi connectivity index (χ2v) is 7.38. The lowest BCUT2D eigenvalue weighted by Gasteiger charge is -2.30. The van der Waals surface area contributed by atoms with Gasteiger partial charge in [-0.3, -0.25) is 0 Å². The fourth-order valence-corrected chi connectivity index (χ4v) is 4.37. The first kappa shape index (κ1) is 15.1. The Balaban J connectivity index is 2.00. The van der Waals surface area contributed by atoms with Crippen molar-refractivity contribution in [2.24, 2.45) is 0 Å². The summed E-state index contributed by atoms with van der Waals surface area (Å²) in [5, 5.41) is 0.0539. The summed E-state index contributed by atoms with van der Waals surface area (Å²) in [4.78, 5) is 0. The summed E-state index contributed by atoms with van der Waals surface area (Å²) in [5.41, 5.74) is 6.73. The van der Waals surface area contributed by atoms with E-state index >= 15 is 0 Å². The Bertz CT molecular complexity index is 663. The van der Waals surface area contributed by atoms with Crippen molar-refractivity contribution >= 4 is 27.5 Å². The predicted octanol–water partition coefficient (Wildman–Crippen LogP) is 6.47. The van der Waals surface area contributed by atoms with Crippen molar-refractivity contribution < 1.29 is 0 Å². The highest BCUT2D eigenvalue weighted by atomic mass is 79.9. The van der Waals surface area contributed by atoms with E-state index in [0.717, 1.165) is 4.47 Å². The Kier molecular flexibility index (Phi) is 4.42. The van der Waals surface area contributed by atoms with Crippen LogP contribution in [0.4, 0.5) is 0 Å². The molecule has 0 N–H and O–H groups in total. The second-order valence-electron chi connectivity index (χ2n) is 6.06. The van der Waals surface area contributed by atoms with E-state index in [1.54, 1.807) is 0 Å². The summed E-state index contributed by atoms with van der Waals surface area (Å²) in [6.45, 7) is 4.29. The van der Waals surface area contributed by atoms with Gasteiger partial charge in [0.25, 0.3) is 0 Å². The lowest BCUT2D eigenvalue weighted by Crippen LogP contribution is -2.15. The Morgan fingerprint density at radius 1 is 1.14 bits per heavy atom. The molecule has 0 heterocycles. The number of aryl methyl sites for hydroxylation is 3. The van der Waals surface area contributed by atoms with Crippen LogP contribution in [0, 0.1) is 13.8 Å². The van der Waals surface area contributed by atoms with Crippen LogP contribution in [0.2, 0.25) is 0 Å². The molecule has 110 valence electrons. The van der Waals surface area contributed by atoms with Crippen LogP contribution in [0.1, 0.15) is 52.0 Å². The molecule has 0 nitrogen and oxygen atoms in total. The molecule has 0 fully saturated rings. The topological polar surface area (TPSA) is 0 Å². The van der Waals surface area contributed by atoms with Gasteiger partial charge in [0.15, 0.2) is 0 Å². The number of alkyl halides is 1. The van der Waals surface area contributed by atoms with Gasteiger partial charge >= 0.3 is 0 Å². The van der Waals surface area contributed by atoms with Gasteiger partial charge in [-0.25, -0.2) is 0 Å². The summed E-state index contributed by atoms with van der Waals surface area (Å²) >= 11 is 10.5. The standard InChI is InChI=1S/C19H20BrCl/c1-12-11-18(20)13(2)10-17(12)19(21)16-9-5-7-14-6-3-4-8-15(14)16/h3-4,6,8,10-11,16,19H,5,7,9H2,1-2H3. The second kappa shape index (κ2) is 6.14. The Morgan fingerprint density at radius 3 is 2.71 bits per heavy atom. The van der Waals surface area contributed by atoms with Crippen molar-refractivity contribution in [3.8, 4) is 0 Å². The average molecular weight is 364 g/mol. The number of rotatable bonds is 2. The van der Waals surface area contributed by atoms with E-state index in [-0.39, 0.29) is 5.38 Å².